The molecule has 3 aliphatic heterocycles. The van der Waals surface area contributed by atoms with Crippen LogP contribution in [0.25, 0.3) is 10.8 Å². The third-order valence-corrected chi connectivity index (χ3v) is 14.1. The SMILES string of the molecule is C[C@@H]1[C@@H]([Si](C)(C)O)[C@H](CC(=O)N(CCO)Cc2ccccc2)O[C@@]12C(=O)N(Cc1ccc(N3C(=O)c4cccc5cccc3c45)cc1)c1ccc([N+](=O)[O-])cc12. The van der Waals surface area contributed by atoms with Gasteiger partial charge in [-0.2, -0.15) is 0 Å². The Labute approximate surface area is 324 Å². The number of nitrogens with zero attached hydrogens (tertiary/aromatic N) is 4. The van der Waals surface area contributed by atoms with Crippen LogP contribution < -0.4 is 9.80 Å². The van der Waals surface area contributed by atoms with E-state index in [4.69, 9.17) is 4.74 Å². The van der Waals surface area contributed by atoms with Gasteiger partial charge in [-0.15, -0.1) is 0 Å². The van der Waals surface area contributed by atoms with Gasteiger partial charge in [-0.3, -0.25) is 29.4 Å². The lowest BCUT2D eigenvalue weighted by Gasteiger charge is -2.32. The zero-order valence-corrected chi connectivity index (χ0v) is 32.3. The van der Waals surface area contributed by atoms with Gasteiger partial charge in [-0.05, 0) is 59.9 Å². The van der Waals surface area contributed by atoms with Crippen molar-refractivity contribution in [1.82, 2.24) is 4.90 Å². The standard InChI is InChI=1S/C43H42N4O8Si/c1-27-40(56(2,3)54)37(24-38(49)44(21-22-48)25-28-9-5-4-6-10-28)55-43(27)34-23-32(47(52)53)19-20-35(34)45(42(43)51)26-29-15-17-31(18-16-29)46-36-14-8-12-30-11-7-13-33(39(30)36)41(46)50/h4-20,23,27,37,40,48,54H,21-22,24-26H2,1-3H3/t27-,37+,40-,43+/m1/s1. The molecule has 5 aromatic carbocycles. The molecule has 0 saturated carbocycles. The van der Waals surface area contributed by atoms with E-state index >= 15 is 0 Å². The first-order valence-electron chi connectivity index (χ1n) is 18.7. The molecule has 3 heterocycles. The Bertz CT molecular complexity index is 2380. The lowest BCUT2D eigenvalue weighted by atomic mass is 9.82. The molecule has 3 amide bonds. The Morgan fingerprint density at radius 1 is 0.929 bits per heavy atom. The molecule has 8 rings (SSSR count). The molecule has 286 valence electrons. The smallest absolute Gasteiger partial charge is 0.269 e. The minimum Gasteiger partial charge on any atom is -0.432 e. The second-order valence-electron chi connectivity index (χ2n) is 15.4. The van der Waals surface area contributed by atoms with Gasteiger partial charge >= 0.3 is 0 Å². The van der Waals surface area contributed by atoms with E-state index in [1.165, 1.54) is 17.0 Å². The molecule has 13 heteroatoms. The van der Waals surface area contributed by atoms with E-state index in [0.717, 1.165) is 27.6 Å². The predicted molar refractivity (Wildman–Crippen MR) is 214 cm³/mol. The molecule has 0 radical (unpaired) electrons. The normalized spacial score (nSPS) is 21.3. The molecule has 1 saturated heterocycles. The monoisotopic (exact) mass is 770 g/mol. The molecule has 0 unspecified atom stereocenters. The number of ether oxygens (including phenoxy) is 1. The first-order valence-corrected chi connectivity index (χ1v) is 21.7. The van der Waals surface area contributed by atoms with Crippen LogP contribution in [0.1, 0.15) is 40.4 Å². The number of non-ortho nitro benzene ring substituents is 1. The van der Waals surface area contributed by atoms with Crippen molar-refractivity contribution in [3.63, 3.8) is 0 Å². The Hall–Kier alpha value is -5.73. The molecule has 5 aromatic rings. The molecule has 12 nitrogen and oxygen atoms in total. The van der Waals surface area contributed by atoms with Crippen LogP contribution in [-0.4, -0.2) is 65.0 Å². The van der Waals surface area contributed by atoms with Crippen molar-refractivity contribution in [3.8, 4) is 0 Å². The maximum Gasteiger partial charge on any atom is 0.269 e. The highest BCUT2D eigenvalue weighted by Crippen LogP contribution is 2.60. The van der Waals surface area contributed by atoms with Crippen LogP contribution in [-0.2, 0) is 33.0 Å². The van der Waals surface area contributed by atoms with Gasteiger partial charge in [0.2, 0.25) is 5.91 Å². The number of nitro benzene ring substituents is 1. The summed E-state index contributed by atoms with van der Waals surface area (Å²) in [6.45, 7) is 5.51. The molecule has 3 aliphatic rings. The predicted octanol–water partition coefficient (Wildman–Crippen LogP) is 6.80. The minimum atomic E-state index is -3.17. The fourth-order valence-electron chi connectivity index (χ4n) is 9.16. The quantitative estimate of drug-likeness (QED) is 0.0846. The van der Waals surface area contributed by atoms with Crippen molar-refractivity contribution in [2.24, 2.45) is 5.92 Å². The highest BCUT2D eigenvalue weighted by Gasteiger charge is 2.66. The van der Waals surface area contributed by atoms with Gasteiger partial charge < -0.3 is 24.4 Å². The van der Waals surface area contributed by atoms with Gasteiger partial charge in [0.25, 0.3) is 17.5 Å². The van der Waals surface area contributed by atoms with Crippen LogP contribution in [0.2, 0.25) is 18.6 Å². The number of hydrogen-bond acceptors (Lipinski definition) is 8. The van der Waals surface area contributed by atoms with Crippen LogP contribution in [0.3, 0.4) is 0 Å². The largest absolute Gasteiger partial charge is 0.432 e. The van der Waals surface area contributed by atoms with Crippen LogP contribution >= 0.6 is 0 Å². The number of benzene rings is 5. The second-order valence-corrected chi connectivity index (χ2v) is 19.4. The Balaban J connectivity index is 1.11. The zero-order chi connectivity index (χ0) is 39.5. The maximum atomic E-state index is 15.0. The Kier molecular flexibility index (Phi) is 9.36. The number of fused-ring (bicyclic) bond motifs is 2. The maximum absolute atomic E-state index is 15.0. The number of nitro groups is 1. The summed E-state index contributed by atoms with van der Waals surface area (Å²) < 4.78 is 6.82. The van der Waals surface area contributed by atoms with Crippen LogP contribution in [0.4, 0.5) is 22.7 Å². The Morgan fingerprint density at radius 3 is 2.32 bits per heavy atom. The molecule has 2 N–H and O–H groups in total. The minimum absolute atomic E-state index is 0.0841. The van der Waals surface area contributed by atoms with E-state index in [9.17, 15) is 34.4 Å². The summed E-state index contributed by atoms with van der Waals surface area (Å²) in [6, 6.07) is 32.6. The number of aliphatic hydroxyl groups is 1. The summed E-state index contributed by atoms with van der Waals surface area (Å²) in [6.07, 6.45) is -1.05. The second kappa shape index (κ2) is 14.1. The number of amides is 3. The molecule has 56 heavy (non-hydrogen) atoms. The molecular formula is C43H42N4O8Si. The first kappa shape index (κ1) is 37.2. The van der Waals surface area contributed by atoms with E-state index in [-0.39, 0.29) is 50.2 Å². The van der Waals surface area contributed by atoms with Crippen LogP contribution in [0.15, 0.2) is 109 Å². The van der Waals surface area contributed by atoms with Gasteiger partial charge in [0, 0.05) is 53.3 Å². The van der Waals surface area contributed by atoms with Gasteiger partial charge in [-0.1, -0.05) is 73.7 Å². The summed E-state index contributed by atoms with van der Waals surface area (Å²) in [4.78, 5) is 70.6. The average Bonchev–Trinajstić information content (AvgIpc) is 3.73. The van der Waals surface area contributed by atoms with Gasteiger partial charge in [0.15, 0.2) is 13.9 Å². The number of hydrogen-bond donors (Lipinski definition) is 2. The third-order valence-electron chi connectivity index (χ3n) is 11.6. The molecule has 1 fully saturated rings. The lowest BCUT2D eigenvalue weighted by Crippen LogP contribution is -2.46. The van der Waals surface area contributed by atoms with Crippen molar-refractivity contribution in [2.45, 2.75) is 56.8 Å². The van der Waals surface area contributed by atoms with Gasteiger partial charge in [-0.25, -0.2) is 0 Å². The van der Waals surface area contributed by atoms with Crippen molar-refractivity contribution in [1.29, 1.82) is 0 Å². The topological polar surface area (TPSA) is 154 Å². The molecule has 0 bridgehead atoms. The van der Waals surface area contributed by atoms with E-state index in [1.54, 1.807) is 29.0 Å². The highest BCUT2D eigenvalue weighted by atomic mass is 28.4. The molecule has 0 aliphatic carbocycles. The first-order chi connectivity index (χ1) is 26.8. The number of carbonyl (C=O) groups is 3. The van der Waals surface area contributed by atoms with E-state index in [0.29, 0.717) is 22.5 Å². The van der Waals surface area contributed by atoms with Crippen LogP contribution in [0, 0.1) is 16.0 Å². The summed E-state index contributed by atoms with van der Waals surface area (Å²) in [7, 11) is -3.17. The summed E-state index contributed by atoms with van der Waals surface area (Å²) in [5.74, 6) is -1.52. The molecule has 4 atom stereocenters. The highest BCUT2D eigenvalue weighted by molar-refractivity contribution is 6.71. The number of anilines is 3. The Morgan fingerprint density at radius 2 is 1.64 bits per heavy atom. The lowest BCUT2D eigenvalue weighted by molar-refractivity contribution is -0.385. The summed E-state index contributed by atoms with van der Waals surface area (Å²) >= 11 is 0. The van der Waals surface area contributed by atoms with Gasteiger partial charge in [0.1, 0.15) is 0 Å². The number of aliphatic hydroxyl groups excluding tert-OH is 1. The van der Waals surface area contributed by atoms with E-state index in [1.807, 2.05) is 97.9 Å². The average molecular weight is 771 g/mol. The molecule has 0 aromatic heterocycles. The zero-order valence-electron chi connectivity index (χ0n) is 31.3. The van der Waals surface area contributed by atoms with E-state index in [2.05, 4.69) is 0 Å². The summed E-state index contributed by atoms with van der Waals surface area (Å²) in [5.41, 5.74) is 1.98. The fraction of sp³-hybridized carbons (Fsp3) is 0.279. The molecule has 1 spiro atoms. The van der Waals surface area contributed by atoms with Crippen molar-refractivity contribution in [3.05, 3.63) is 142 Å². The summed E-state index contributed by atoms with van der Waals surface area (Å²) in [5, 5.41) is 23.8. The van der Waals surface area contributed by atoms with E-state index < -0.39 is 42.3 Å². The van der Waals surface area contributed by atoms with Gasteiger partial charge in [0.05, 0.1) is 47.5 Å². The van der Waals surface area contributed by atoms with Crippen LogP contribution in [0.5, 0.6) is 0 Å². The third kappa shape index (κ3) is 6.07. The number of rotatable bonds is 11. The number of carbonyl (C=O) groups excluding carboxylic acids is 3. The fourth-order valence-corrected chi connectivity index (χ4v) is 11.7. The molecular weight excluding hydrogens is 729 g/mol. The van der Waals surface area contributed by atoms with Crippen molar-refractivity contribution < 1.29 is 33.9 Å². The van der Waals surface area contributed by atoms with Crippen molar-refractivity contribution in [2.75, 3.05) is 23.0 Å². The van der Waals surface area contributed by atoms with Crippen molar-refractivity contribution >= 4 is 59.6 Å².